The van der Waals surface area contributed by atoms with Crippen molar-refractivity contribution < 1.29 is 4.74 Å². The second-order valence-electron chi connectivity index (χ2n) is 6.13. The van der Waals surface area contributed by atoms with E-state index in [9.17, 15) is 5.26 Å². The molecule has 4 nitrogen and oxygen atoms in total. The molecule has 114 valence electrons. The maximum atomic E-state index is 9.80. The number of ether oxygens (including phenoxy) is 1. The van der Waals surface area contributed by atoms with Gasteiger partial charge in [0.25, 0.3) is 0 Å². The van der Waals surface area contributed by atoms with Crippen LogP contribution in [0.5, 0.6) is 0 Å². The summed E-state index contributed by atoms with van der Waals surface area (Å²) in [4.78, 5) is 4.19. The highest BCUT2D eigenvalue weighted by molar-refractivity contribution is 6.04. The molecule has 2 heterocycles. The first-order chi connectivity index (χ1) is 10.7. The molecule has 0 aromatic heterocycles. The standard InChI is InChI=1S/C17H22BN3O/c1-22-10-9-20-6-2-3-14-11-13-4-7-21(18)8-5-15(13)16(12-19)17(14)20/h11H,2-10H2,1H3. The molecule has 2 aliphatic heterocycles. The lowest BCUT2D eigenvalue weighted by Crippen LogP contribution is -2.33. The van der Waals surface area contributed by atoms with Crippen molar-refractivity contribution in [2.24, 2.45) is 0 Å². The number of hydrogen-bond donors (Lipinski definition) is 0. The lowest BCUT2D eigenvalue weighted by molar-refractivity contribution is 0.205. The van der Waals surface area contributed by atoms with E-state index in [2.05, 4.69) is 17.0 Å². The van der Waals surface area contributed by atoms with Crippen LogP contribution in [0.15, 0.2) is 6.07 Å². The number of nitrogens with zero attached hydrogens (tertiary/aromatic N) is 3. The Morgan fingerprint density at radius 2 is 2.05 bits per heavy atom. The molecule has 5 heteroatoms. The zero-order valence-corrected chi connectivity index (χ0v) is 13.3. The molecule has 0 atom stereocenters. The summed E-state index contributed by atoms with van der Waals surface area (Å²) in [6.07, 6.45) is 4.00. The number of rotatable bonds is 3. The molecule has 2 radical (unpaired) electrons. The van der Waals surface area contributed by atoms with Crippen molar-refractivity contribution in [1.29, 1.82) is 5.26 Å². The van der Waals surface area contributed by atoms with Crippen molar-refractivity contribution in [3.05, 3.63) is 28.3 Å². The van der Waals surface area contributed by atoms with Gasteiger partial charge < -0.3 is 14.4 Å². The van der Waals surface area contributed by atoms with Gasteiger partial charge in [-0.15, -0.1) is 0 Å². The van der Waals surface area contributed by atoms with Gasteiger partial charge in [-0.1, -0.05) is 6.07 Å². The minimum Gasteiger partial charge on any atom is -0.383 e. The van der Waals surface area contributed by atoms with Gasteiger partial charge in [-0.3, -0.25) is 0 Å². The molecule has 22 heavy (non-hydrogen) atoms. The van der Waals surface area contributed by atoms with Gasteiger partial charge in [-0.2, -0.15) is 5.26 Å². The van der Waals surface area contributed by atoms with Gasteiger partial charge in [0.2, 0.25) is 0 Å². The third-order valence-corrected chi connectivity index (χ3v) is 4.76. The van der Waals surface area contributed by atoms with E-state index in [0.29, 0.717) is 6.61 Å². The second-order valence-corrected chi connectivity index (χ2v) is 6.13. The Morgan fingerprint density at radius 1 is 1.23 bits per heavy atom. The molecule has 2 aliphatic rings. The van der Waals surface area contributed by atoms with Crippen LogP contribution in [0, 0.1) is 11.3 Å². The van der Waals surface area contributed by atoms with Crippen LogP contribution in [0.4, 0.5) is 5.69 Å². The van der Waals surface area contributed by atoms with Crippen molar-refractivity contribution >= 4 is 13.7 Å². The SMILES string of the molecule is [B]N1CCc2cc3c(c(C#N)c2CC1)N(CCOC)CCC3. The van der Waals surface area contributed by atoms with Crippen molar-refractivity contribution in [2.45, 2.75) is 25.7 Å². The third kappa shape index (κ3) is 2.86. The van der Waals surface area contributed by atoms with Crippen molar-refractivity contribution in [3.8, 4) is 6.07 Å². The minimum absolute atomic E-state index is 0.692. The summed E-state index contributed by atoms with van der Waals surface area (Å²) in [7, 11) is 7.70. The van der Waals surface area contributed by atoms with Gasteiger partial charge in [-0.05, 0) is 55.5 Å². The highest BCUT2D eigenvalue weighted by Gasteiger charge is 2.25. The van der Waals surface area contributed by atoms with Crippen LogP contribution < -0.4 is 4.90 Å². The fourth-order valence-corrected chi connectivity index (χ4v) is 3.64. The third-order valence-electron chi connectivity index (χ3n) is 4.76. The summed E-state index contributed by atoms with van der Waals surface area (Å²) >= 11 is 0. The number of fused-ring (bicyclic) bond motifs is 2. The smallest absolute Gasteiger partial charge is 0.182 e. The van der Waals surface area contributed by atoms with Gasteiger partial charge in [0.15, 0.2) is 7.98 Å². The Kier molecular flexibility index (Phi) is 4.70. The number of methoxy groups -OCH3 is 1. The Hall–Kier alpha value is -1.51. The summed E-state index contributed by atoms with van der Waals surface area (Å²) in [6, 6.07) is 4.81. The molecular formula is C17H22BN3O. The average Bonchev–Trinajstić information content (AvgIpc) is 2.72. The first kappa shape index (κ1) is 15.4. The molecule has 0 saturated heterocycles. The summed E-state index contributed by atoms with van der Waals surface area (Å²) in [5.74, 6) is 0. The Balaban J connectivity index is 2.05. The van der Waals surface area contributed by atoms with Gasteiger partial charge in [0.05, 0.1) is 17.9 Å². The zero-order valence-electron chi connectivity index (χ0n) is 13.3. The van der Waals surface area contributed by atoms with E-state index in [1.165, 1.54) is 16.7 Å². The van der Waals surface area contributed by atoms with Crippen LogP contribution >= 0.6 is 0 Å². The minimum atomic E-state index is 0.692. The first-order valence-electron chi connectivity index (χ1n) is 8.06. The van der Waals surface area contributed by atoms with Gasteiger partial charge in [-0.25, -0.2) is 0 Å². The fourth-order valence-electron chi connectivity index (χ4n) is 3.64. The fraction of sp³-hybridized carbons (Fsp3) is 0.588. The predicted molar refractivity (Wildman–Crippen MR) is 88.3 cm³/mol. The molecule has 0 unspecified atom stereocenters. The summed E-state index contributed by atoms with van der Waals surface area (Å²) < 4.78 is 5.23. The molecule has 0 amide bonds. The average molecular weight is 295 g/mol. The molecule has 0 fully saturated rings. The lowest BCUT2D eigenvalue weighted by Gasteiger charge is -2.33. The van der Waals surface area contributed by atoms with Crippen LogP contribution in [-0.2, 0) is 24.0 Å². The van der Waals surface area contributed by atoms with Crippen LogP contribution in [0.2, 0.25) is 0 Å². The Bertz CT molecular complexity index is 597. The van der Waals surface area contributed by atoms with Crippen LogP contribution in [0.1, 0.15) is 28.7 Å². The number of anilines is 1. The Labute approximate surface area is 134 Å². The highest BCUT2D eigenvalue weighted by atomic mass is 16.5. The highest BCUT2D eigenvalue weighted by Crippen LogP contribution is 2.36. The molecule has 1 aromatic carbocycles. The van der Waals surface area contributed by atoms with Gasteiger partial charge in [0, 0.05) is 20.2 Å². The van der Waals surface area contributed by atoms with E-state index >= 15 is 0 Å². The molecule has 3 rings (SSSR count). The molecule has 1 aromatic rings. The molecule has 0 saturated carbocycles. The summed E-state index contributed by atoms with van der Waals surface area (Å²) in [5, 5.41) is 9.80. The van der Waals surface area contributed by atoms with Gasteiger partial charge in [0.1, 0.15) is 6.07 Å². The van der Waals surface area contributed by atoms with E-state index in [1.807, 2.05) is 4.81 Å². The largest absolute Gasteiger partial charge is 0.383 e. The van der Waals surface area contributed by atoms with Crippen molar-refractivity contribution in [2.75, 3.05) is 44.8 Å². The molecule has 0 bridgehead atoms. The number of nitriles is 1. The van der Waals surface area contributed by atoms with E-state index in [4.69, 9.17) is 12.7 Å². The maximum absolute atomic E-state index is 9.80. The van der Waals surface area contributed by atoms with E-state index in [-0.39, 0.29) is 0 Å². The summed E-state index contributed by atoms with van der Waals surface area (Å²) in [5.41, 5.74) is 5.87. The second kappa shape index (κ2) is 6.72. The Morgan fingerprint density at radius 3 is 2.82 bits per heavy atom. The monoisotopic (exact) mass is 295 g/mol. The van der Waals surface area contributed by atoms with Crippen molar-refractivity contribution in [3.63, 3.8) is 0 Å². The molecule has 0 spiro atoms. The van der Waals surface area contributed by atoms with E-state index in [0.717, 1.165) is 63.1 Å². The number of hydrogen-bond acceptors (Lipinski definition) is 4. The topological polar surface area (TPSA) is 39.5 Å². The quantitative estimate of drug-likeness (QED) is 0.791. The summed E-state index contributed by atoms with van der Waals surface area (Å²) in [6.45, 7) is 4.23. The molecular weight excluding hydrogens is 273 g/mol. The number of benzene rings is 1. The van der Waals surface area contributed by atoms with Crippen LogP contribution in [0.3, 0.4) is 0 Å². The van der Waals surface area contributed by atoms with Crippen molar-refractivity contribution in [1.82, 2.24) is 4.81 Å². The number of aryl methyl sites for hydroxylation is 1. The first-order valence-corrected chi connectivity index (χ1v) is 8.06. The lowest BCUT2D eigenvalue weighted by atomic mass is 9.88. The van der Waals surface area contributed by atoms with E-state index in [1.54, 1.807) is 7.11 Å². The van der Waals surface area contributed by atoms with Gasteiger partial charge >= 0.3 is 0 Å². The van der Waals surface area contributed by atoms with E-state index < -0.39 is 0 Å². The zero-order chi connectivity index (χ0) is 15.5. The maximum Gasteiger partial charge on any atom is 0.182 e. The molecule has 0 aliphatic carbocycles. The normalized spacial score (nSPS) is 18.3. The van der Waals surface area contributed by atoms with Crippen LogP contribution in [-0.4, -0.2) is 52.7 Å². The molecule has 0 N–H and O–H groups in total. The predicted octanol–water partition coefficient (Wildman–Crippen LogP) is 1.44. The van der Waals surface area contributed by atoms with Crippen LogP contribution in [0.25, 0.3) is 0 Å².